The van der Waals surface area contributed by atoms with E-state index in [0.29, 0.717) is 0 Å². The van der Waals surface area contributed by atoms with E-state index in [9.17, 15) is 4.79 Å². The van der Waals surface area contributed by atoms with Crippen LogP contribution >= 0.6 is 0 Å². The first-order valence-corrected chi connectivity index (χ1v) is 2.74. The summed E-state index contributed by atoms with van der Waals surface area (Å²) in [6.45, 7) is 1.62. The molecule has 0 saturated carbocycles. The van der Waals surface area contributed by atoms with Gasteiger partial charge in [-0.05, 0) is 13.0 Å². The summed E-state index contributed by atoms with van der Waals surface area (Å²) in [6.07, 6.45) is 0.735. The third kappa shape index (κ3) is 3.09. The van der Waals surface area contributed by atoms with Crippen molar-refractivity contribution < 1.29 is 19.7 Å². The Bertz CT molecular complexity index is 150. The molecule has 4 nitrogen and oxygen atoms in total. The molecule has 4 heteroatoms. The molecule has 0 rings (SSSR count). The molecule has 58 valence electrons. The molecule has 0 heterocycles. The molecule has 0 bridgehead atoms. The molecule has 1 atom stereocenters. The molecule has 0 amide bonds. The van der Waals surface area contributed by atoms with Gasteiger partial charge < -0.3 is 14.9 Å². The highest BCUT2D eigenvalue weighted by Gasteiger charge is 2.04. The lowest BCUT2D eigenvalue weighted by atomic mass is 10.3. The average molecular weight is 146 g/mol. The lowest BCUT2D eigenvalue weighted by molar-refractivity contribution is -0.135. The molecule has 0 saturated heterocycles. The SMILES string of the molecule is COC(C)C=C(O)C(=O)O. The van der Waals surface area contributed by atoms with Gasteiger partial charge >= 0.3 is 5.97 Å². The van der Waals surface area contributed by atoms with Crippen LogP contribution in [0.15, 0.2) is 11.8 Å². The number of aliphatic hydroxyl groups is 1. The predicted molar refractivity (Wildman–Crippen MR) is 34.8 cm³/mol. The summed E-state index contributed by atoms with van der Waals surface area (Å²) in [4.78, 5) is 9.98. The zero-order chi connectivity index (χ0) is 8.15. The Morgan fingerprint density at radius 1 is 1.60 bits per heavy atom. The summed E-state index contributed by atoms with van der Waals surface area (Å²) in [7, 11) is 1.43. The maximum Gasteiger partial charge on any atom is 0.370 e. The molecule has 0 aliphatic heterocycles. The van der Waals surface area contributed by atoms with E-state index in [1.165, 1.54) is 7.11 Å². The van der Waals surface area contributed by atoms with Crippen molar-refractivity contribution in [1.82, 2.24) is 0 Å². The van der Waals surface area contributed by atoms with Crippen LogP contribution in [0.5, 0.6) is 0 Å². The minimum absolute atomic E-state index is 0.379. The van der Waals surface area contributed by atoms with Crippen molar-refractivity contribution in [3.05, 3.63) is 11.8 Å². The predicted octanol–water partition coefficient (Wildman–Crippen LogP) is 0.548. The number of aliphatic carboxylic acids is 1. The quantitative estimate of drug-likeness (QED) is 0.450. The average Bonchev–Trinajstić information content (AvgIpc) is 1.87. The van der Waals surface area contributed by atoms with Gasteiger partial charge in [-0.3, -0.25) is 0 Å². The van der Waals surface area contributed by atoms with Crippen LogP contribution in [-0.2, 0) is 9.53 Å². The summed E-state index contributed by atoms with van der Waals surface area (Å²) in [6, 6.07) is 0. The maximum atomic E-state index is 9.98. The van der Waals surface area contributed by atoms with Crippen molar-refractivity contribution in [2.75, 3.05) is 7.11 Å². The molecule has 0 aromatic rings. The monoisotopic (exact) mass is 146 g/mol. The van der Waals surface area contributed by atoms with E-state index >= 15 is 0 Å². The van der Waals surface area contributed by atoms with Gasteiger partial charge in [0.05, 0.1) is 6.10 Å². The summed E-state index contributed by atoms with van der Waals surface area (Å²) >= 11 is 0. The highest BCUT2D eigenvalue weighted by Crippen LogP contribution is 1.95. The first kappa shape index (κ1) is 8.97. The van der Waals surface area contributed by atoms with Crippen molar-refractivity contribution in [3.8, 4) is 0 Å². The van der Waals surface area contributed by atoms with Crippen molar-refractivity contribution in [2.24, 2.45) is 0 Å². The van der Waals surface area contributed by atoms with Crippen LogP contribution in [0.2, 0.25) is 0 Å². The maximum absolute atomic E-state index is 9.98. The Kier molecular flexibility index (Phi) is 3.49. The van der Waals surface area contributed by atoms with Crippen molar-refractivity contribution in [3.63, 3.8) is 0 Å². The first-order chi connectivity index (χ1) is 4.57. The van der Waals surface area contributed by atoms with Gasteiger partial charge in [0.15, 0.2) is 5.76 Å². The van der Waals surface area contributed by atoms with Crippen LogP contribution in [0, 0.1) is 0 Å². The van der Waals surface area contributed by atoms with Gasteiger partial charge in [-0.2, -0.15) is 0 Å². The van der Waals surface area contributed by atoms with Crippen molar-refractivity contribution in [1.29, 1.82) is 0 Å². The highest BCUT2D eigenvalue weighted by molar-refractivity contribution is 5.83. The largest absolute Gasteiger partial charge is 0.502 e. The number of methoxy groups -OCH3 is 1. The number of carboxylic acid groups (broad SMARTS) is 1. The standard InChI is InChI=1S/C6H10O4/c1-4(10-2)3-5(7)6(8)9/h3-4,7H,1-2H3,(H,8,9). The Labute approximate surface area is 58.7 Å². The molecule has 10 heavy (non-hydrogen) atoms. The van der Waals surface area contributed by atoms with Crippen LogP contribution < -0.4 is 0 Å². The zero-order valence-corrected chi connectivity index (χ0v) is 5.87. The molecule has 0 aliphatic carbocycles. The van der Waals surface area contributed by atoms with E-state index in [-0.39, 0.29) is 6.10 Å². The Morgan fingerprint density at radius 2 is 2.10 bits per heavy atom. The fourth-order valence-electron chi connectivity index (χ4n) is 0.362. The lowest BCUT2D eigenvalue weighted by Gasteiger charge is -2.01. The van der Waals surface area contributed by atoms with Gasteiger partial charge in [-0.1, -0.05) is 0 Å². The molecular weight excluding hydrogens is 136 g/mol. The van der Waals surface area contributed by atoms with Gasteiger partial charge in [0, 0.05) is 7.11 Å². The van der Waals surface area contributed by atoms with Gasteiger partial charge in [0.1, 0.15) is 0 Å². The van der Waals surface area contributed by atoms with Crippen LogP contribution in [0.1, 0.15) is 6.92 Å². The first-order valence-electron chi connectivity index (χ1n) is 2.74. The molecule has 0 fully saturated rings. The number of rotatable bonds is 3. The second-order valence-electron chi connectivity index (χ2n) is 1.80. The second-order valence-corrected chi connectivity index (χ2v) is 1.80. The van der Waals surface area contributed by atoms with Gasteiger partial charge in [-0.15, -0.1) is 0 Å². The number of aliphatic hydroxyl groups excluding tert-OH is 1. The number of carbonyl (C=O) groups is 1. The van der Waals surface area contributed by atoms with Crippen LogP contribution in [0.25, 0.3) is 0 Å². The van der Waals surface area contributed by atoms with Gasteiger partial charge in [-0.25, -0.2) is 4.79 Å². The third-order valence-electron chi connectivity index (χ3n) is 0.983. The second kappa shape index (κ2) is 3.90. The number of hydrogen-bond acceptors (Lipinski definition) is 3. The smallest absolute Gasteiger partial charge is 0.370 e. The van der Waals surface area contributed by atoms with Crippen LogP contribution in [0.3, 0.4) is 0 Å². The van der Waals surface area contributed by atoms with Crippen molar-refractivity contribution in [2.45, 2.75) is 13.0 Å². The minimum Gasteiger partial charge on any atom is -0.502 e. The van der Waals surface area contributed by atoms with E-state index in [4.69, 9.17) is 10.2 Å². The minimum atomic E-state index is -1.34. The zero-order valence-electron chi connectivity index (χ0n) is 5.87. The fraction of sp³-hybridized carbons (Fsp3) is 0.500. The van der Waals surface area contributed by atoms with E-state index in [1.54, 1.807) is 6.92 Å². The molecule has 0 radical (unpaired) electrons. The molecule has 2 N–H and O–H groups in total. The Morgan fingerprint density at radius 3 is 2.40 bits per heavy atom. The molecule has 0 aliphatic rings. The number of carboxylic acids is 1. The molecule has 0 aromatic heterocycles. The molecule has 0 aromatic carbocycles. The molecule has 1 unspecified atom stereocenters. The summed E-state index contributed by atoms with van der Waals surface area (Å²) in [5, 5.41) is 16.8. The summed E-state index contributed by atoms with van der Waals surface area (Å²) in [5.41, 5.74) is 0. The van der Waals surface area contributed by atoms with E-state index in [0.717, 1.165) is 6.08 Å². The van der Waals surface area contributed by atoms with Gasteiger partial charge in [0.25, 0.3) is 0 Å². The summed E-state index contributed by atoms with van der Waals surface area (Å²) < 4.78 is 4.67. The third-order valence-corrected chi connectivity index (χ3v) is 0.983. The van der Waals surface area contributed by atoms with Crippen molar-refractivity contribution >= 4 is 5.97 Å². The number of hydrogen-bond donors (Lipinski definition) is 2. The topological polar surface area (TPSA) is 66.8 Å². The van der Waals surface area contributed by atoms with Crippen LogP contribution in [-0.4, -0.2) is 29.4 Å². The molecule has 0 spiro atoms. The van der Waals surface area contributed by atoms with Crippen LogP contribution in [0.4, 0.5) is 0 Å². The normalized spacial score (nSPS) is 14.8. The molecular formula is C6H10O4. The number of ether oxygens (including phenoxy) is 1. The van der Waals surface area contributed by atoms with Gasteiger partial charge in [0.2, 0.25) is 0 Å². The van der Waals surface area contributed by atoms with E-state index < -0.39 is 11.7 Å². The van der Waals surface area contributed by atoms with E-state index in [2.05, 4.69) is 4.74 Å². The highest BCUT2D eigenvalue weighted by atomic mass is 16.5. The Balaban J connectivity index is 4.02. The van der Waals surface area contributed by atoms with E-state index in [1.807, 2.05) is 0 Å². The lowest BCUT2D eigenvalue weighted by Crippen LogP contribution is -2.06. The fourth-order valence-corrected chi connectivity index (χ4v) is 0.362. The summed E-state index contributed by atoms with van der Waals surface area (Å²) in [5.74, 6) is -2.03. The Hall–Kier alpha value is -1.03.